The van der Waals surface area contributed by atoms with Crippen molar-refractivity contribution in [3.8, 4) is 5.75 Å². The van der Waals surface area contributed by atoms with Crippen LogP contribution in [0.5, 0.6) is 5.75 Å². The minimum Gasteiger partial charge on any atom is -0.497 e. The van der Waals surface area contributed by atoms with E-state index in [2.05, 4.69) is 4.98 Å². The SMILES string of the molecule is CCOC(=O)C1=C(N)N(C)C(N(CC)Cc2ccc(Cl)nc2)=C([N+](=O)[O-])C1c1ccc(OC)cc1. The number of pyridine rings is 1. The first-order valence-electron chi connectivity index (χ1n) is 11.0. The van der Waals surface area contributed by atoms with Crippen LogP contribution in [-0.2, 0) is 16.1 Å². The van der Waals surface area contributed by atoms with Crippen molar-refractivity contribution in [3.05, 3.63) is 91.9 Å². The Kier molecular flexibility index (Phi) is 8.18. The summed E-state index contributed by atoms with van der Waals surface area (Å²) in [5.41, 5.74) is 7.61. The van der Waals surface area contributed by atoms with Crippen LogP contribution in [0.2, 0.25) is 5.15 Å². The highest BCUT2D eigenvalue weighted by Gasteiger charge is 2.46. The third-order valence-corrected chi connectivity index (χ3v) is 5.95. The number of halogens is 1. The molecule has 0 amide bonds. The number of rotatable bonds is 9. The lowest BCUT2D eigenvalue weighted by atomic mass is 9.85. The smallest absolute Gasteiger partial charge is 0.338 e. The van der Waals surface area contributed by atoms with Gasteiger partial charge in [-0.2, -0.15) is 0 Å². The predicted molar refractivity (Wildman–Crippen MR) is 131 cm³/mol. The summed E-state index contributed by atoms with van der Waals surface area (Å²) in [6, 6.07) is 10.2. The summed E-state index contributed by atoms with van der Waals surface area (Å²) in [6.45, 7) is 4.39. The number of carbonyl (C=O) groups excluding carboxylic acids is 1. The molecule has 0 saturated carbocycles. The number of hydrogen-bond donors (Lipinski definition) is 1. The Hall–Kier alpha value is -3.79. The van der Waals surface area contributed by atoms with Gasteiger partial charge < -0.3 is 25.0 Å². The summed E-state index contributed by atoms with van der Waals surface area (Å²) in [5.74, 6) is -0.829. The Morgan fingerprint density at radius 3 is 2.46 bits per heavy atom. The highest BCUT2D eigenvalue weighted by atomic mass is 35.5. The second-order valence-electron chi connectivity index (χ2n) is 7.75. The Bertz CT molecular complexity index is 1150. The minimum atomic E-state index is -1.06. The number of benzene rings is 1. The topological polar surface area (TPSA) is 124 Å². The van der Waals surface area contributed by atoms with Gasteiger partial charge in [-0.1, -0.05) is 29.8 Å². The molecule has 0 aliphatic carbocycles. The standard InChI is InChI=1S/C24H28ClN5O5/c1-5-29(14-15-7-12-18(25)27-13-15)23-21(30(32)33)19(16-8-10-17(34-4)11-9-16)20(22(26)28(23)3)24(31)35-6-2/h7-13,19H,5-6,14,26H2,1-4H3. The molecule has 1 aliphatic heterocycles. The normalized spacial score (nSPS) is 15.8. The molecule has 2 heterocycles. The third kappa shape index (κ3) is 5.32. The average molecular weight is 502 g/mol. The van der Waals surface area contributed by atoms with Crippen LogP contribution < -0.4 is 10.5 Å². The van der Waals surface area contributed by atoms with Crippen molar-refractivity contribution in [2.45, 2.75) is 26.3 Å². The largest absolute Gasteiger partial charge is 0.497 e. The van der Waals surface area contributed by atoms with E-state index in [0.29, 0.717) is 29.6 Å². The van der Waals surface area contributed by atoms with E-state index in [1.165, 1.54) is 12.0 Å². The molecule has 0 radical (unpaired) electrons. The fraction of sp³-hybridized carbons (Fsp3) is 0.333. The van der Waals surface area contributed by atoms with Crippen molar-refractivity contribution in [1.29, 1.82) is 0 Å². The van der Waals surface area contributed by atoms with Gasteiger partial charge in [-0.25, -0.2) is 9.78 Å². The molecule has 1 aromatic carbocycles. The van der Waals surface area contributed by atoms with Gasteiger partial charge in [-0.05, 0) is 43.2 Å². The van der Waals surface area contributed by atoms with E-state index in [4.69, 9.17) is 26.8 Å². The first-order chi connectivity index (χ1) is 16.7. The van der Waals surface area contributed by atoms with Crippen LogP contribution in [0, 0.1) is 10.1 Å². The number of hydrogen-bond acceptors (Lipinski definition) is 9. The number of ether oxygens (including phenoxy) is 2. The van der Waals surface area contributed by atoms with E-state index in [1.807, 2.05) is 11.8 Å². The summed E-state index contributed by atoms with van der Waals surface area (Å²) >= 11 is 5.91. The van der Waals surface area contributed by atoms with Crippen LogP contribution in [0.3, 0.4) is 0 Å². The summed E-state index contributed by atoms with van der Waals surface area (Å²) in [5, 5.41) is 12.9. The molecule has 0 bridgehead atoms. The maximum absolute atomic E-state index is 13.0. The Labute approximate surface area is 208 Å². The van der Waals surface area contributed by atoms with E-state index in [-0.39, 0.29) is 29.5 Å². The monoisotopic (exact) mass is 501 g/mol. The van der Waals surface area contributed by atoms with Crippen LogP contribution in [0.4, 0.5) is 0 Å². The molecule has 2 aromatic rings. The number of allylic oxidation sites excluding steroid dienone is 1. The van der Waals surface area contributed by atoms with Gasteiger partial charge in [0.2, 0.25) is 0 Å². The number of carbonyl (C=O) groups is 1. The number of esters is 1. The maximum Gasteiger partial charge on any atom is 0.338 e. The van der Waals surface area contributed by atoms with E-state index >= 15 is 0 Å². The molecule has 1 unspecified atom stereocenters. The molecular weight excluding hydrogens is 474 g/mol. The van der Waals surface area contributed by atoms with Gasteiger partial charge in [0.1, 0.15) is 22.6 Å². The molecule has 1 aromatic heterocycles. The van der Waals surface area contributed by atoms with Gasteiger partial charge in [0.15, 0.2) is 5.82 Å². The van der Waals surface area contributed by atoms with E-state index in [9.17, 15) is 14.9 Å². The molecule has 1 aliphatic rings. The van der Waals surface area contributed by atoms with Crippen LogP contribution in [-0.4, -0.2) is 53.0 Å². The molecule has 186 valence electrons. The third-order valence-electron chi connectivity index (χ3n) is 5.73. The molecule has 11 heteroatoms. The number of nitrogens with zero attached hydrogens (tertiary/aromatic N) is 4. The van der Waals surface area contributed by atoms with Gasteiger partial charge in [-0.15, -0.1) is 0 Å². The molecule has 1 atom stereocenters. The van der Waals surface area contributed by atoms with Crippen molar-refractivity contribution in [1.82, 2.24) is 14.8 Å². The zero-order valence-corrected chi connectivity index (χ0v) is 20.8. The summed E-state index contributed by atoms with van der Waals surface area (Å²) in [7, 11) is 3.12. The van der Waals surface area contributed by atoms with Gasteiger partial charge in [0.25, 0.3) is 5.70 Å². The average Bonchev–Trinajstić information content (AvgIpc) is 2.85. The summed E-state index contributed by atoms with van der Waals surface area (Å²) in [4.78, 5) is 32.5. The van der Waals surface area contributed by atoms with Gasteiger partial charge in [0, 0.05) is 26.3 Å². The summed E-state index contributed by atoms with van der Waals surface area (Å²) < 4.78 is 10.5. The Morgan fingerprint density at radius 2 is 1.94 bits per heavy atom. The molecular formula is C24H28ClN5O5. The minimum absolute atomic E-state index is 0.0131. The first-order valence-corrected chi connectivity index (χ1v) is 11.4. The molecule has 2 N–H and O–H groups in total. The molecule has 35 heavy (non-hydrogen) atoms. The molecule has 0 fully saturated rings. The lowest BCUT2D eigenvalue weighted by Crippen LogP contribution is -2.43. The number of methoxy groups -OCH3 is 1. The lowest BCUT2D eigenvalue weighted by Gasteiger charge is -2.38. The maximum atomic E-state index is 13.0. The highest BCUT2D eigenvalue weighted by Crippen LogP contribution is 2.42. The van der Waals surface area contributed by atoms with E-state index < -0.39 is 16.8 Å². The zero-order valence-electron chi connectivity index (χ0n) is 20.0. The first kappa shape index (κ1) is 25.8. The van der Waals surface area contributed by atoms with Crippen molar-refractivity contribution in [2.75, 3.05) is 27.3 Å². The molecule has 10 nitrogen and oxygen atoms in total. The number of nitrogens with two attached hydrogens (primary N) is 1. The fourth-order valence-electron chi connectivity index (χ4n) is 4.05. The molecule has 0 saturated heterocycles. The second-order valence-corrected chi connectivity index (χ2v) is 8.14. The molecule has 0 spiro atoms. The molecule has 3 rings (SSSR count). The van der Waals surface area contributed by atoms with Crippen LogP contribution in [0.15, 0.2) is 65.5 Å². The lowest BCUT2D eigenvalue weighted by molar-refractivity contribution is -0.433. The van der Waals surface area contributed by atoms with E-state index in [1.54, 1.807) is 56.6 Å². The zero-order chi connectivity index (χ0) is 25.7. The Balaban J connectivity index is 2.22. The highest BCUT2D eigenvalue weighted by molar-refractivity contribution is 6.29. The quantitative estimate of drug-likeness (QED) is 0.238. The van der Waals surface area contributed by atoms with Crippen LogP contribution in [0.25, 0.3) is 0 Å². The summed E-state index contributed by atoms with van der Waals surface area (Å²) in [6.07, 6.45) is 1.62. The van der Waals surface area contributed by atoms with Crippen molar-refractivity contribution < 1.29 is 19.2 Å². The van der Waals surface area contributed by atoms with E-state index in [0.717, 1.165) is 5.56 Å². The van der Waals surface area contributed by atoms with Crippen molar-refractivity contribution in [3.63, 3.8) is 0 Å². The fourth-order valence-corrected chi connectivity index (χ4v) is 4.16. The van der Waals surface area contributed by atoms with Crippen LogP contribution >= 0.6 is 11.6 Å². The van der Waals surface area contributed by atoms with Crippen molar-refractivity contribution in [2.24, 2.45) is 5.73 Å². The number of nitro groups is 1. The predicted octanol–water partition coefficient (Wildman–Crippen LogP) is 3.47. The van der Waals surface area contributed by atoms with Gasteiger partial charge in [0.05, 0.1) is 24.2 Å². The van der Waals surface area contributed by atoms with Crippen LogP contribution in [0.1, 0.15) is 30.9 Å². The van der Waals surface area contributed by atoms with Gasteiger partial charge >= 0.3 is 5.97 Å². The number of aromatic nitrogens is 1. The Morgan fingerprint density at radius 1 is 1.26 bits per heavy atom. The van der Waals surface area contributed by atoms with Gasteiger partial charge in [-0.3, -0.25) is 10.1 Å². The second kappa shape index (κ2) is 11.1. The van der Waals surface area contributed by atoms with Crippen molar-refractivity contribution >= 4 is 17.6 Å².